The monoisotopic (exact) mass is 425 g/mol. The van der Waals surface area contributed by atoms with Crippen LogP contribution in [0.1, 0.15) is 43.5 Å². The van der Waals surface area contributed by atoms with Crippen LogP contribution in [0, 0.1) is 0 Å². The summed E-state index contributed by atoms with van der Waals surface area (Å²) in [5, 5.41) is 2.69. The van der Waals surface area contributed by atoms with Crippen molar-refractivity contribution in [3.8, 4) is 5.75 Å². The SMILES string of the molecule is CCN(CC)S(=O)(=O)c1ccc(OC)c(C(=O)NCCCN2C(=O)CCC2=O)c1. The summed E-state index contributed by atoms with van der Waals surface area (Å²) in [6.07, 6.45) is 0.870. The average molecular weight is 426 g/mol. The molecule has 1 aromatic rings. The van der Waals surface area contributed by atoms with Crippen molar-refractivity contribution in [1.29, 1.82) is 0 Å². The third kappa shape index (κ3) is 5.13. The van der Waals surface area contributed by atoms with Gasteiger partial charge in [-0.15, -0.1) is 0 Å². The fourth-order valence-corrected chi connectivity index (χ4v) is 4.63. The van der Waals surface area contributed by atoms with Gasteiger partial charge in [-0.05, 0) is 24.6 Å². The Balaban J connectivity index is 2.08. The number of benzene rings is 1. The van der Waals surface area contributed by atoms with E-state index in [1.807, 2.05) is 0 Å². The van der Waals surface area contributed by atoms with Gasteiger partial charge >= 0.3 is 0 Å². The van der Waals surface area contributed by atoms with Crippen LogP contribution in [0.3, 0.4) is 0 Å². The Labute approximate surface area is 171 Å². The number of likely N-dealkylation sites (tertiary alicyclic amines) is 1. The van der Waals surface area contributed by atoms with Crippen molar-refractivity contribution in [3.05, 3.63) is 23.8 Å². The standard InChI is InChI=1S/C19H27N3O6S/c1-4-21(5-2)29(26,27)14-7-8-16(28-3)15(13-14)19(25)20-11-6-12-22-17(23)9-10-18(22)24/h7-8,13H,4-6,9-12H2,1-3H3,(H,20,25). The van der Waals surface area contributed by atoms with E-state index in [1.165, 1.54) is 34.5 Å². The highest BCUT2D eigenvalue weighted by Gasteiger charge is 2.28. The minimum atomic E-state index is -3.71. The molecule has 0 aromatic heterocycles. The van der Waals surface area contributed by atoms with E-state index in [2.05, 4.69) is 5.32 Å². The minimum absolute atomic E-state index is 0.0143. The average Bonchev–Trinajstić information content (AvgIpc) is 3.03. The lowest BCUT2D eigenvalue weighted by Crippen LogP contribution is -2.33. The third-order valence-corrected chi connectivity index (χ3v) is 6.80. The molecular weight excluding hydrogens is 398 g/mol. The first-order valence-electron chi connectivity index (χ1n) is 9.55. The van der Waals surface area contributed by atoms with Crippen molar-refractivity contribution >= 4 is 27.7 Å². The van der Waals surface area contributed by atoms with Gasteiger partial charge in [0.15, 0.2) is 0 Å². The lowest BCUT2D eigenvalue weighted by Gasteiger charge is -2.19. The first-order chi connectivity index (χ1) is 13.8. The number of rotatable bonds is 10. The molecule has 29 heavy (non-hydrogen) atoms. The van der Waals surface area contributed by atoms with E-state index in [0.29, 0.717) is 19.5 Å². The van der Waals surface area contributed by atoms with Gasteiger partial charge in [-0.1, -0.05) is 13.8 Å². The van der Waals surface area contributed by atoms with E-state index in [4.69, 9.17) is 4.74 Å². The van der Waals surface area contributed by atoms with E-state index < -0.39 is 15.9 Å². The first kappa shape index (κ1) is 22.8. The Morgan fingerprint density at radius 3 is 2.34 bits per heavy atom. The lowest BCUT2D eigenvalue weighted by atomic mass is 10.2. The molecule has 1 saturated heterocycles. The fraction of sp³-hybridized carbons (Fsp3) is 0.526. The van der Waals surface area contributed by atoms with E-state index in [-0.39, 0.29) is 54.0 Å². The number of hydrogen-bond acceptors (Lipinski definition) is 6. The number of carbonyl (C=O) groups is 3. The second kappa shape index (κ2) is 9.84. The van der Waals surface area contributed by atoms with Crippen molar-refractivity contribution in [1.82, 2.24) is 14.5 Å². The van der Waals surface area contributed by atoms with E-state index >= 15 is 0 Å². The lowest BCUT2D eigenvalue weighted by molar-refractivity contribution is -0.138. The summed E-state index contributed by atoms with van der Waals surface area (Å²) in [6.45, 7) is 4.60. The van der Waals surface area contributed by atoms with Gasteiger partial charge in [0.2, 0.25) is 21.8 Å². The highest BCUT2D eigenvalue weighted by molar-refractivity contribution is 7.89. The molecular formula is C19H27N3O6S. The normalized spacial score (nSPS) is 14.6. The maximum absolute atomic E-state index is 12.7. The molecule has 0 spiro atoms. The maximum atomic E-state index is 12.7. The Hall–Kier alpha value is -2.46. The van der Waals surface area contributed by atoms with Gasteiger partial charge < -0.3 is 10.1 Å². The zero-order chi connectivity index (χ0) is 21.6. The van der Waals surface area contributed by atoms with Gasteiger partial charge in [0.1, 0.15) is 5.75 Å². The predicted molar refractivity (Wildman–Crippen MR) is 106 cm³/mol. The van der Waals surface area contributed by atoms with Crippen LogP contribution in [0.15, 0.2) is 23.1 Å². The molecule has 0 bridgehead atoms. The van der Waals surface area contributed by atoms with Gasteiger partial charge in [-0.2, -0.15) is 4.31 Å². The number of amides is 3. The largest absolute Gasteiger partial charge is 0.496 e. The third-order valence-electron chi connectivity index (χ3n) is 4.76. The molecule has 1 aliphatic rings. The van der Waals surface area contributed by atoms with E-state index in [9.17, 15) is 22.8 Å². The quantitative estimate of drug-likeness (QED) is 0.442. The van der Waals surface area contributed by atoms with Gasteiger partial charge in [0.25, 0.3) is 5.91 Å². The second-order valence-electron chi connectivity index (χ2n) is 6.50. The molecule has 2 rings (SSSR count). The van der Waals surface area contributed by atoms with Crippen molar-refractivity contribution in [2.75, 3.05) is 33.3 Å². The molecule has 1 fully saturated rings. The molecule has 1 aromatic carbocycles. The molecule has 10 heteroatoms. The van der Waals surface area contributed by atoms with Crippen LogP contribution in [0.4, 0.5) is 0 Å². The molecule has 0 aliphatic carbocycles. The molecule has 1 heterocycles. The highest BCUT2D eigenvalue weighted by atomic mass is 32.2. The summed E-state index contributed by atoms with van der Waals surface area (Å²) in [5.41, 5.74) is 0.106. The van der Waals surface area contributed by atoms with Crippen LogP contribution in [0.2, 0.25) is 0 Å². The van der Waals surface area contributed by atoms with Crippen molar-refractivity contribution in [2.24, 2.45) is 0 Å². The summed E-state index contributed by atoms with van der Waals surface area (Å²) in [6, 6.07) is 4.16. The smallest absolute Gasteiger partial charge is 0.255 e. The Morgan fingerprint density at radius 1 is 1.17 bits per heavy atom. The Kier molecular flexibility index (Phi) is 7.74. The van der Waals surface area contributed by atoms with Gasteiger partial charge in [-0.25, -0.2) is 8.42 Å². The van der Waals surface area contributed by atoms with Crippen LogP contribution in [0.5, 0.6) is 5.75 Å². The molecule has 0 radical (unpaired) electrons. The number of nitrogens with one attached hydrogen (secondary N) is 1. The zero-order valence-corrected chi connectivity index (χ0v) is 17.8. The molecule has 0 atom stereocenters. The first-order valence-corrected chi connectivity index (χ1v) is 11.0. The van der Waals surface area contributed by atoms with Crippen LogP contribution in [0.25, 0.3) is 0 Å². The molecule has 1 aliphatic heterocycles. The van der Waals surface area contributed by atoms with Crippen LogP contribution >= 0.6 is 0 Å². The van der Waals surface area contributed by atoms with Crippen molar-refractivity contribution < 1.29 is 27.5 Å². The van der Waals surface area contributed by atoms with E-state index in [0.717, 1.165) is 0 Å². The second-order valence-corrected chi connectivity index (χ2v) is 8.44. The molecule has 1 N–H and O–H groups in total. The molecule has 3 amide bonds. The number of carbonyl (C=O) groups excluding carboxylic acids is 3. The fourth-order valence-electron chi connectivity index (χ4n) is 3.14. The summed E-state index contributed by atoms with van der Waals surface area (Å²) >= 11 is 0. The number of ether oxygens (including phenoxy) is 1. The number of hydrogen-bond donors (Lipinski definition) is 1. The van der Waals surface area contributed by atoms with Crippen molar-refractivity contribution in [2.45, 2.75) is 38.0 Å². The predicted octanol–water partition coefficient (Wildman–Crippen LogP) is 0.995. The van der Waals surface area contributed by atoms with Crippen molar-refractivity contribution in [3.63, 3.8) is 0 Å². The zero-order valence-electron chi connectivity index (χ0n) is 16.9. The van der Waals surface area contributed by atoms with Crippen LogP contribution < -0.4 is 10.1 Å². The summed E-state index contributed by atoms with van der Waals surface area (Å²) in [5.74, 6) is -0.627. The number of methoxy groups -OCH3 is 1. The Bertz CT molecular complexity index is 864. The summed E-state index contributed by atoms with van der Waals surface area (Å²) < 4.78 is 31.9. The molecule has 160 valence electrons. The Morgan fingerprint density at radius 2 is 1.79 bits per heavy atom. The topological polar surface area (TPSA) is 113 Å². The van der Waals surface area contributed by atoms with Crippen LogP contribution in [-0.2, 0) is 19.6 Å². The van der Waals surface area contributed by atoms with Crippen LogP contribution in [-0.4, -0.2) is 68.6 Å². The molecule has 0 unspecified atom stereocenters. The number of nitrogens with zero attached hydrogens (tertiary/aromatic N) is 2. The summed E-state index contributed by atoms with van der Waals surface area (Å²) in [7, 11) is -2.32. The molecule has 9 nitrogen and oxygen atoms in total. The maximum Gasteiger partial charge on any atom is 0.255 e. The van der Waals surface area contributed by atoms with Gasteiger partial charge in [0.05, 0.1) is 17.6 Å². The van der Waals surface area contributed by atoms with E-state index in [1.54, 1.807) is 13.8 Å². The van der Waals surface area contributed by atoms with Gasteiger partial charge in [0, 0.05) is 39.0 Å². The number of sulfonamides is 1. The van der Waals surface area contributed by atoms with Gasteiger partial charge in [-0.3, -0.25) is 19.3 Å². The highest BCUT2D eigenvalue weighted by Crippen LogP contribution is 2.24. The minimum Gasteiger partial charge on any atom is -0.496 e. The molecule has 0 saturated carbocycles. The summed E-state index contributed by atoms with van der Waals surface area (Å²) in [4.78, 5) is 37.0. The number of imide groups is 1.